The van der Waals surface area contributed by atoms with Gasteiger partial charge in [-0.2, -0.15) is 0 Å². The summed E-state index contributed by atoms with van der Waals surface area (Å²) in [4.78, 5) is 29.8. The van der Waals surface area contributed by atoms with Gasteiger partial charge in [0.15, 0.2) is 5.65 Å². The molecular weight excluding hydrogens is 344 g/mol. The minimum Gasteiger partial charge on any atom is -0.322 e. The van der Waals surface area contributed by atoms with Gasteiger partial charge in [0, 0.05) is 26.2 Å². The Morgan fingerprint density at radius 3 is 2.44 bits per heavy atom. The molecular formula is C19H20N6O2. The molecule has 8 heteroatoms. The predicted octanol–water partition coefficient (Wildman–Crippen LogP) is 1.84. The molecule has 0 saturated heterocycles. The zero-order valence-corrected chi connectivity index (χ0v) is 15.5. The second-order valence-electron chi connectivity index (χ2n) is 6.58. The zero-order valence-electron chi connectivity index (χ0n) is 15.5. The maximum absolute atomic E-state index is 12.9. The second-order valence-corrected chi connectivity index (χ2v) is 6.58. The molecule has 0 fully saturated rings. The fourth-order valence-corrected chi connectivity index (χ4v) is 3.35. The number of aryl methyl sites for hydroxylation is 2. The van der Waals surface area contributed by atoms with E-state index in [0.29, 0.717) is 23.1 Å². The van der Waals surface area contributed by atoms with E-state index in [2.05, 4.69) is 22.1 Å². The van der Waals surface area contributed by atoms with Crippen LogP contribution in [0.4, 0.5) is 0 Å². The molecule has 0 aliphatic carbocycles. The molecule has 0 saturated carbocycles. The van der Waals surface area contributed by atoms with E-state index < -0.39 is 5.69 Å². The molecule has 0 N–H and O–H groups in total. The summed E-state index contributed by atoms with van der Waals surface area (Å²) in [6, 6.07) is 9.81. The quantitative estimate of drug-likeness (QED) is 0.551. The fraction of sp³-hybridized carbons (Fsp3) is 0.316. The van der Waals surface area contributed by atoms with Gasteiger partial charge in [0.2, 0.25) is 5.65 Å². The molecule has 4 aromatic rings. The summed E-state index contributed by atoms with van der Waals surface area (Å²) in [5.41, 5.74) is 1.44. The van der Waals surface area contributed by atoms with Crippen LogP contribution in [-0.2, 0) is 20.6 Å². The molecule has 0 atom stereocenters. The van der Waals surface area contributed by atoms with Crippen molar-refractivity contribution in [3.8, 4) is 11.4 Å². The van der Waals surface area contributed by atoms with E-state index in [9.17, 15) is 9.59 Å². The smallest absolute Gasteiger partial charge is 0.322 e. The maximum atomic E-state index is 12.9. The first-order valence-electron chi connectivity index (χ1n) is 8.92. The van der Waals surface area contributed by atoms with Crippen LogP contribution in [-0.4, -0.2) is 28.9 Å². The number of hydrogen-bond donors (Lipinski definition) is 0. The lowest BCUT2D eigenvalue weighted by atomic mass is 10.2. The van der Waals surface area contributed by atoms with Crippen LogP contribution in [0.1, 0.15) is 19.8 Å². The molecule has 0 unspecified atom stereocenters. The Labute approximate surface area is 154 Å². The monoisotopic (exact) mass is 364 g/mol. The van der Waals surface area contributed by atoms with Crippen molar-refractivity contribution < 1.29 is 0 Å². The topological polar surface area (TPSA) is 87.6 Å². The molecule has 0 radical (unpaired) electrons. The van der Waals surface area contributed by atoms with E-state index in [4.69, 9.17) is 0 Å². The molecule has 0 aliphatic heterocycles. The summed E-state index contributed by atoms with van der Waals surface area (Å²) in [7, 11) is 3.07. The van der Waals surface area contributed by atoms with Gasteiger partial charge < -0.3 is 4.57 Å². The van der Waals surface area contributed by atoms with E-state index in [0.717, 1.165) is 28.8 Å². The van der Waals surface area contributed by atoms with E-state index in [1.807, 2.05) is 34.9 Å². The third-order valence-electron chi connectivity index (χ3n) is 4.83. The number of nitrogens with zero attached hydrogens (tertiary/aromatic N) is 6. The van der Waals surface area contributed by atoms with E-state index in [1.165, 1.54) is 11.6 Å². The van der Waals surface area contributed by atoms with Crippen molar-refractivity contribution in [3.63, 3.8) is 0 Å². The highest BCUT2D eigenvalue weighted by Gasteiger charge is 2.21. The van der Waals surface area contributed by atoms with E-state index in [-0.39, 0.29) is 11.2 Å². The van der Waals surface area contributed by atoms with Crippen LogP contribution < -0.4 is 11.2 Å². The number of aromatic nitrogens is 6. The number of hydrogen-bond acceptors (Lipinski definition) is 5. The highest BCUT2D eigenvalue weighted by molar-refractivity contribution is 5.99. The molecule has 8 nitrogen and oxygen atoms in total. The van der Waals surface area contributed by atoms with Gasteiger partial charge in [0.1, 0.15) is 16.7 Å². The first-order valence-corrected chi connectivity index (χ1v) is 8.92. The summed E-state index contributed by atoms with van der Waals surface area (Å²) in [6.45, 7) is 2.81. The zero-order chi connectivity index (χ0) is 19.1. The lowest BCUT2D eigenvalue weighted by molar-refractivity contribution is 0.650. The summed E-state index contributed by atoms with van der Waals surface area (Å²) in [6.07, 6.45) is 1.93. The molecule has 27 heavy (non-hydrogen) atoms. The minimum absolute atomic E-state index is 0.271. The maximum Gasteiger partial charge on any atom is 0.332 e. The van der Waals surface area contributed by atoms with Crippen molar-refractivity contribution >= 4 is 22.2 Å². The minimum atomic E-state index is -0.427. The number of fused-ring (bicyclic) bond motifs is 3. The van der Waals surface area contributed by atoms with Crippen LogP contribution in [0, 0.1) is 0 Å². The van der Waals surface area contributed by atoms with Gasteiger partial charge >= 0.3 is 5.69 Å². The third kappa shape index (κ3) is 2.56. The fourth-order valence-electron chi connectivity index (χ4n) is 3.35. The Morgan fingerprint density at radius 2 is 1.74 bits per heavy atom. The van der Waals surface area contributed by atoms with E-state index in [1.54, 1.807) is 7.05 Å². The van der Waals surface area contributed by atoms with Gasteiger partial charge in [-0.25, -0.2) is 9.78 Å². The van der Waals surface area contributed by atoms with Crippen molar-refractivity contribution in [2.24, 2.45) is 14.1 Å². The third-order valence-corrected chi connectivity index (χ3v) is 4.83. The molecule has 3 heterocycles. The van der Waals surface area contributed by atoms with Gasteiger partial charge in [-0.3, -0.25) is 13.9 Å². The predicted molar refractivity (Wildman–Crippen MR) is 104 cm³/mol. The Hall–Kier alpha value is -3.29. The van der Waals surface area contributed by atoms with Crippen molar-refractivity contribution in [2.75, 3.05) is 0 Å². The number of benzene rings is 1. The Balaban J connectivity index is 2.19. The highest BCUT2D eigenvalue weighted by Crippen LogP contribution is 2.27. The van der Waals surface area contributed by atoms with Crippen molar-refractivity contribution in [2.45, 2.75) is 26.3 Å². The molecule has 0 amide bonds. The van der Waals surface area contributed by atoms with Crippen LogP contribution >= 0.6 is 0 Å². The molecule has 4 rings (SSSR count). The van der Waals surface area contributed by atoms with E-state index >= 15 is 0 Å². The number of rotatable bonds is 4. The van der Waals surface area contributed by atoms with Gasteiger partial charge in [0.25, 0.3) is 5.56 Å². The van der Waals surface area contributed by atoms with Crippen LogP contribution in [0.5, 0.6) is 0 Å². The first kappa shape index (κ1) is 17.1. The SMILES string of the molecule is CCCCn1c(-c2ccccc2)nc2nnc3c(c(=O)n(C)c(=O)n3C)c21. The molecule has 3 aromatic heterocycles. The first-order chi connectivity index (χ1) is 13.0. The summed E-state index contributed by atoms with van der Waals surface area (Å²) >= 11 is 0. The second kappa shape index (κ2) is 6.46. The van der Waals surface area contributed by atoms with Crippen LogP contribution in [0.25, 0.3) is 33.6 Å². The average molecular weight is 364 g/mol. The Morgan fingerprint density at radius 1 is 1.00 bits per heavy atom. The van der Waals surface area contributed by atoms with Crippen molar-refractivity contribution in [3.05, 3.63) is 51.2 Å². The number of imidazole rings is 1. The standard InChI is InChI=1S/C19H20N6O2/c1-4-5-11-25-14-13-17(23(2)19(27)24(3)18(13)26)22-21-15(14)20-16(25)12-9-7-6-8-10-12/h6-10H,4-5,11H2,1-3H3. The van der Waals surface area contributed by atoms with Crippen LogP contribution in [0.2, 0.25) is 0 Å². The number of unbranched alkanes of at least 4 members (excludes halogenated alkanes) is 1. The molecule has 138 valence electrons. The Kier molecular flexibility index (Phi) is 4.10. The summed E-state index contributed by atoms with van der Waals surface area (Å²) in [5.74, 6) is 0.747. The average Bonchev–Trinajstić information content (AvgIpc) is 3.07. The van der Waals surface area contributed by atoms with Gasteiger partial charge in [-0.1, -0.05) is 43.7 Å². The lowest BCUT2D eigenvalue weighted by Crippen LogP contribution is -2.37. The normalized spacial score (nSPS) is 11.5. The van der Waals surface area contributed by atoms with Crippen LogP contribution in [0.15, 0.2) is 39.9 Å². The molecule has 1 aromatic carbocycles. The van der Waals surface area contributed by atoms with Crippen LogP contribution in [0.3, 0.4) is 0 Å². The summed E-state index contributed by atoms with van der Waals surface area (Å²) in [5, 5.41) is 8.70. The Bertz CT molecular complexity index is 1270. The van der Waals surface area contributed by atoms with Gasteiger partial charge in [-0.05, 0) is 6.42 Å². The lowest BCUT2D eigenvalue weighted by Gasteiger charge is -2.11. The van der Waals surface area contributed by atoms with Gasteiger partial charge in [-0.15, -0.1) is 10.2 Å². The largest absolute Gasteiger partial charge is 0.332 e. The van der Waals surface area contributed by atoms with Gasteiger partial charge in [0.05, 0.1) is 0 Å². The van der Waals surface area contributed by atoms with Crippen molar-refractivity contribution in [1.82, 2.24) is 28.9 Å². The molecule has 0 bridgehead atoms. The highest BCUT2D eigenvalue weighted by atomic mass is 16.2. The van der Waals surface area contributed by atoms with Crippen molar-refractivity contribution in [1.29, 1.82) is 0 Å². The molecule has 0 spiro atoms. The summed E-state index contributed by atoms with van der Waals surface area (Å²) < 4.78 is 4.47. The molecule has 0 aliphatic rings.